The minimum Gasteiger partial charge on any atom is -0.395 e. The van der Waals surface area contributed by atoms with E-state index >= 15 is 0 Å². The van der Waals surface area contributed by atoms with Gasteiger partial charge >= 0.3 is 0 Å². The minimum absolute atomic E-state index is 0.102. The molecule has 1 heterocycles. The Hall–Kier alpha value is -1.70. The first-order chi connectivity index (χ1) is 10.0. The molecule has 1 atom stereocenters. The van der Waals surface area contributed by atoms with Crippen molar-refractivity contribution in [3.05, 3.63) is 48.3 Å². The van der Waals surface area contributed by atoms with Crippen LogP contribution in [-0.2, 0) is 16.6 Å². The zero-order chi connectivity index (χ0) is 15.3. The molecule has 0 saturated heterocycles. The van der Waals surface area contributed by atoms with Gasteiger partial charge in [-0.25, -0.2) is 13.1 Å². The third-order valence-electron chi connectivity index (χ3n) is 3.14. The number of nitrogens with one attached hydrogen (secondary N) is 1. The number of aromatic nitrogens is 2. The van der Waals surface area contributed by atoms with E-state index in [4.69, 9.17) is 5.11 Å². The monoisotopic (exact) mass is 309 g/mol. The number of benzene rings is 1. The first kappa shape index (κ1) is 15.7. The van der Waals surface area contributed by atoms with E-state index in [1.165, 1.54) is 12.4 Å². The number of hydrogen-bond donors (Lipinski definition) is 2. The third-order valence-corrected chi connectivity index (χ3v) is 4.62. The SMILES string of the molecule is CCC(CO)NS(=O)(=O)c1cnn(Cc2ccccc2)c1. The average Bonchev–Trinajstić information content (AvgIpc) is 2.95. The molecule has 114 valence electrons. The molecule has 0 aliphatic rings. The fraction of sp³-hybridized carbons (Fsp3) is 0.357. The first-order valence-corrected chi connectivity index (χ1v) is 8.23. The third kappa shape index (κ3) is 4.13. The van der Waals surface area contributed by atoms with Crippen LogP contribution in [-0.4, -0.2) is 36.0 Å². The van der Waals surface area contributed by atoms with Gasteiger partial charge in [-0.15, -0.1) is 0 Å². The molecule has 0 aliphatic heterocycles. The summed E-state index contributed by atoms with van der Waals surface area (Å²) in [4.78, 5) is 0.102. The summed E-state index contributed by atoms with van der Waals surface area (Å²) in [6.45, 7) is 2.09. The molecule has 1 aromatic carbocycles. The first-order valence-electron chi connectivity index (χ1n) is 6.74. The lowest BCUT2D eigenvalue weighted by Gasteiger charge is -2.12. The molecule has 7 heteroatoms. The Bertz CT molecular complexity index is 664. The van der Waals surface area contributed by atoms with E-state index in [9.17, 15) is 8.42 Å². The molecule has 0 amide bonds. The van der Waals surface area contributed by atoms with Crippen molar-refractivity contribution in [2.75, 3.05) is 6.61 Å². The van der Waals surface area contributed by atoms with Crippen LogP contribution in [0.3, 0.4) is 0 Å². The molecule has 0 aliphatic carbocycles. The molecule has 2 N–H and O–H groups in total. The summed E-state index contributed by atoms with van der Waals surface area (Å²) in [5.74, 6) is 0. The van der Waals surface area contributed by atoms with Crippen LogP contribution in [0.5, 0.6) is 0 Å². The van der Waals surface area contributed by atoms with Gasteiger partial charge in [0.15, 0.2) is 0 Å². The molecule has 0 radical (unpaired) electrons. The van der Waals surface area contributed by atoms with E-state index < -0.39 is 16.1 Å². The number of aliphatic hydroxyl groups excluding tert-OH is 1. The van der Waals surface area contributed by atoms with E-state index in [-0.39, 0.29) is 11.5 Å². The van der Waals surface area contributed by atoms with Crippen LogP contribution in [0.4, 0.5) is 0 Å². The Balaban J connectivity index is 2.12. The van der Waals surface area contributed by atoms with Crippen LogP contribution in [0.15, 0.2) is 47.6 Å². The van der Waals surface area contributed by atoms with Gasteiger partial charge in [0.25, 0.3) is 0 Å². The van der Waals surface area contributed by atoms with Crippen molar-refractivity contribution in [3.63, 3.8) is 0 Å². The van der Waals surface area contributed by atoms with Gasteiger partial charge in [-0.05, 0) is 12.0 Å². The van der Waals surface area contributed by atoms with Crippen LogP contribution in [0, 0.1) is 0 Å². The highest BCUT2D eigenvalue weighted by Crippen LogP contribution is 2.10. The lowest BCUT2D eigenvalue weighted by atomic mass is 10.2. The van der Waals surface area contributed by atoms with Gasteiger partial charge < -0.3 is 5.11 Å². The molecule has 1 aromatic heterocycles. The maximum Gasteiger partial charge on any atom is 0.244 e. The number of sulfonamides is 1. The Morgan fingerprint density at radius 2 is 2.05 bits per heavy atom. The number of nitrogens with zero attached hydrogens (tertiary/aromatic N) is 2. The Labute approximate surface area is 124 Å². The number of aliphatic hydroxyl groups is 1. The normalized spacial score (nSPS) is 13.2. The minimum atomic E-state index is -3.65. The molecule has 0 saturated carbocycles. The van der Waals surface area contributed by atoms with Crippen molar-refractivity contribution in [1.29, 1.82) is 0 Å². The molecular formula is C14H19N3O3S. The maximum absolute atomic E-state index is 12.2. The van der Waals surface area contributed by atoms with Crippen LogP contribution in [0.1, 0.15) is 18.9 Å². The fourth-order valence-corrected chi connectivity index (χ4v) is 3.14. The molecular weight excluding hydrogens is 290 g/mol. The van der Waals surface area contributed by atoms with Gasteiger partial charge in [0.2, 0.25) is 10.0 Å². The van der Waals surface area contributed by atoms with Gasteiger partial charge in [-0.2, -0.15) is 5.10 Å². The highest BCUT2D eigenvalue weighted by molar-refractivity contribution is 7.89. The topological polar surface area (TPSA) is 84.2 Å². The van der Waals surface area contributed by atoms with E-state index in [1.807, 2.05) is 37.3 Å². The van der Waals surface area contributed by atoms with Crippen molar-refractivity contribution in [2.24, 2.45) is 0 Å². The Morgan fingerprint density at radius 3 is 2.67 bits per heavy atom. The number of hydrogen-bond acceptors (Lipinski definition) is 4. The summed E-state index contributed by atoms with van der Waals surface area (Å²) in [7, 11) is -3.65. The van der Waals surface area contributed by atoms with Crippen molar-refractivity contribution >= 4 is 10.0 Å². The van der Waals surface area contributed by atoms with Gasteiger partial charge in [0.05, 0.1) is 19.3 Å². The van der Waals surface area contributed by atoms with Crippen LogP contribution < -0.4 is 4.72 Å². The molecule has 2 rings (SSSR count). The van der Waals surface area contributed by atoms with E-state index in [2.05, 4.69) is 9.82 Å². The van der Waals surface area contributed by atoms with Gasteiger partial charge in [-0.1, -0.05) is 37.3 Å². The van der Waals surface area contributed by atoms with E-state index in [0.29, 0.717) is 13.0 Å². The smallest absolute Gasteiger partial charge is 0.244 e. The molecule has 0 bridgehead atoms. The van der Waals surface area contributed by atoms with Crippen molar-refractivity contribution < 1.29 is 13.5 Å². The van der Waals surface area contributed by atoms with Crippen molar-refractivity contribution in [1.82, 2.24) is 14.5 Å². The van der Waals surface area contributed by atoms with Crippen LogP contribution >= 0.6 is 0 Å². The molecule has 0 spiro atoms. The lowest BCUT2D eigenvalue weighted by molar-refractivity contribution is 0.254. The highest BCUT2D eigenvalue weighted by atomic mass is 32.2. The molecule has 0 fully saturated rings. The van der Waals surface area contributed by atoms with E-state index in [0.717, 1.165) is 5.56 Å². The molecule has 2 aromatic rings. The number of rotatable bonds is 7. The fourth-order valence-electron chi connectivity index (χ4n) is 1.88. The predicted octanol–water partition coefficient (Wildman–Crippen LogP) is 0.981. The summed E-state index contributed by atoms with van der Waals surface area (Å²) in [6.07, 6.45) is 3.32. The Kier molecular flexibility index (Phi) is 5.11. The quantitative estimate of drug-likeness (QED) is 0.798. The molecule has 6 nitrogen and oxygen atoms in total. The summed E-state index contributed by atoms with van der Waals surface area (Å²) < 4.78 is 28.3. The molecule has 21 heavy (non-hydrogen) atoms. The van der Waals surface area contributed by atoms with Gasteiger partial charge in [-0.3, -0.25) is 4.68 Å². The zero-order valence-corrected chi connectivity index (χ0v) is 12.6. The summed E-state index contributed by atoms with van der Waals surface area (Å²) >= 11 is 0. The van der Waals surface area contributed by atoms with Crippen LogP contribution in [0.25, 0.3) is 0 Å². The van der Waals surface area contributed by atoms with Crippen molar-refractivity contribution in [2.45, 2.75) is 30.8 Å². The standard InChI is InChI=1S/C14H19N3O3S/c1-2-13(11-18)16-21(19,20)14-8-15-17(10-14)9-12-6-4-3-5-7-12/h3-8,10,13,16,18H,2,9,11H2,1H3. The second kappa shape index (κ2) is 6.84. The second-order valence-corrected chi connectivity index (χ2v) is 6.48. The van der Waals surface area contributed by atoms with Gasteiger partial charge in [0, 0.05) is 12.2 Å². The predicted molar refractivity (Wildman–Crippen MR) is 79.3 cm³/mol. The largest absolute Gasteiger partial charge is 0.395 e. The van der Waals surface area contributed by atoms with Crippen molar-refractivity contribution in [3.8, 4) is 0 Å². The van der Waals surface area contributed by atoms with Crippen LogP contribution in [0.2, 0.25) is 0 Å². The lowest BCUT2D eigenvalue weighted by Crippen LogP contribution is -2.36. The molecule has 1 unspecified atom stereocenters. The summed E-state index contributed by atoms with van der Waals surface area (Å²) in [6, 6.07) is 9.19. The Morgan fingerprint density at radius 1 is 1.33 bits per heavy atom. The average molecular weight is 309 g/mol. The second-order valence-electron chi connectivity index (χ2n) is 4.77. The van der Waals surface area contributed by atoms with Gasteiger partial charge in [0.1, 0.15) is 4.90 Å². The maximum atomic E-state index is 12.2. The van der Waals surface area contributed by atoms with E-state index in [1.54, 1.807) is 4.68 Å². The summed E-state index contributed by atoms with van der Waals surface area (Å²) in [5.41, 5.74) is 1.04. The zero-order valence-electron chi connectivity index (χ0n) is 11.8. The summed E-state index contributed by atoms with van der Waals surface area (Å²) in [5, 5.41) is 13.2. The highest BCUT2D eigenvalue weighted by Gasteiger charge is 2.20.